The molecule has 0 heterocycles. The highest BCUT2D eigenvalue weighted by atomic mass is 16.5. The Kier molecular flexibility index (Phi) is 4.84. The predicted octanol–water partition coefficient (Wildman–Crippen LogP) is 0.915. The Hall–Kier alpha value is -0.590. The molecule has 0 amide bonds. The first kappa shape index (κ1) is 10.4. The number of ether oxygens (including phenoxy) is 1. The molecular weight excluding hydrogens is 140 g/mol. The minimum Gasteiger partial charge on any atom is -0.383 e. The molecule has 0 unspecified atom stereocenters. The second kappa shape index (κ2) is 5.11. The van der Waals surface area contributed by atoms with Gasteiger partial charge in [0.15, 0.2) is 0 Å². The largest absolute Gasteiger partial charge is 0.383 e. The van der Waals surface area contributed by atoms with Gasteiger partial charge in [-0.1, -0.05) is 0 Å². The molecule has 0 rings (SSSR count). The highest BCUT2D eigenvalue weighted by molar-refractivity contribution is 4.79. The summed E-state index contributed by atoms with van der Waals surface area (Å²) < 4.78 is 4.99. The average molecular weight is 156 g/mol. The van der Waals surface area contributed by atoms with Crippen molar-refractivity contribution in [3.05, 3.63) is 0 Å². The van der Waals surface area contributed by atoms with Crippen LogP contribution in [0, 0.1) is 11.3 Å². The van der Waals surface area contributed by atoms with E-state index in [9.17, 15) is 0 Å². The summed E-state index contributed by atoms with van der Waals surface area (Å²) in [6, 6.07) is 2.08. The SMILES string of the molecule is COCC(C)(C)NCCC#N. The molecule has 0 saturated carbocycles. The van der Waals surface area contributed by atoms with Crippen LogP contribution in [0.25, 0.3) is 0 Å². The summed E-state index contributed by atoms with van der Waals surface area (Å²) in [5.41, 5.74) is -0.0222. The Morgan fingerprint density at radius 2 is 2.18 bits per heavy atom. The average Bonchev–Trinajstić information content (AvgIpc) is 1.87. The summed E-state index contributed by atoms with van der Waals surface area (Å²) in [4.78, 5) is 0. The van der Waals surface area contributed by atoms with Gasteiger partial charge in [-0.25, -0.2) is 0 Å². The predicted molar refractivity (Wildman–Crippen MR) is 44.2 cm³/mol. The zero-order valence-corrected chi connectivity index (χ0v) is 7.48. The van der Waals surface area contributed by atoms with Crippen molar-refractivity contribution in [2.75, 3.05) is 20.3 Å². The van der Waals surface area contributed by atoms with E-state index in [1.165, 1.54) is 0 Å². The van der Waals surface area contributed by atoms with E-state index in [1.807, 2.05) is 13.8 Å². The van der Waals surface area contributed by atoms with Gasteiger partial charge in [-0.05, 0) is 13.8 Å². The molecule has 11 heavy (non-hydrogen) atoms. The van der Waals surface area contributed by atoms with E-state index >= 15 is 0 Å². The molecular formula is C8H16N2O. The van der Waals surface area contributed by atoms with E-state index in [0.29, 0.717) is 13.0 Å². The number of methoxy groups -OCH3 is 1. The molecule has 0 aliphatic heterocycles. The van der Waals surface area contributed by atoms with Crippen molar-refractivity contribution in [3.63, 3.8) is 0 Å². The fraction of sp³-hybridized carbons (Fsp3) is 0.875. The van der Waals surface area contributed by atoms with E-state index in [2.05, 4.69) is 11.4 Å². The molecule has 0 fully saturated rings. The molecule has 3 nitrogen and oxygen atoms in total. The molecule has 0 aliphatic carbocycles. The first-order chi connectivity index (χ1) is 5.12. The molecule has 0 atom stereocenters. The van der Waals surface area contributed by atoms with Gasteiger partial charge in [0.25, 0.3) is 0 Å². The molecule has 0 aromatic rings. The van der Waals surface area contributed by atoms with Crippen LogP contribution in [0.1, 0.15) is 20.3 Å². The normalized spacial score (nSPS) is 11.1. The van der Waals surface area contributed by atoms with E-state index in [1.54, 1.807) is 7.11 Å². The quantitative estimate of drug-likeness (QED) is 0.602. The first-order valence-electron chi connectivity index (χ1n) is 3.73. The van der Waals surface area contributed by atoms with Crippen molar-refractivity contribution in [1.29, 1.82) is 5.26 Å². The maximum Gasteiger partial charge on any atom is 0.0639 e. The number of nitrogens with zero attached hydrogens (tertiary/aromatic N) is 1. The maximum absolute atomic E-state index is 8.27. The lowest BCUT2D eigenvalue weighted by molar-refractivity contribution is 0.129. The third kappa shape index (κ3) is 5.84. The summed E-state index contributed by atoms with van der Waals surface area (Å²) in [5.74, 6) is 0. The Morgan fingerprint density at radius 1 is 1.55 bits per heavy atom. The molecule has 0 saturated heterocycles. The minimum atomic E-state index is -0.0222. The molecule has 1 N–H and O–H groups in total. The third-order valence-corrected chi connectivity index (χ3v) is 1.35. The number of nitriles is 1. The van der Waals surface area contributed by atoms with Gasteiger partial charge < -0.3 is 10.1 Å². The van der Waals surface area contributed by atoms with Crippen molar-refractivity contribution in [1.82, 2.24) is 5.32 Å². The van der Waals surface area contributed by atoms with E-state index < -0.39 is 0 Å². The summed E-state index contributed by atoms with van der Waals surface area (Å²) >= 11 is 0. The third-order valence-electron chi connectivity index (χ3n) is 1.35. The van der Waals surface area contributed by atoms with Gasteiger partial charge >= 0.3 is 0 Å². The standard InChI is InChI=1S/C8H16N2O/c1-8(2,7-11-3)10-6-4-5-9/h10H,4,6-7H2,1-3H3. The van der Waals surface area contributed by atoms with Crippen molar-refractivity contribution >= 4 is 0 Å². The van der Waals surface area contributed by atoms with Crippen LogP contribution in [-0.2, 0) is 4.74 Å². The van der Waals surface area contributed by atoms with Gasteiger partial charge in [-0.15, -0.1) is 0 Å². The highest BCUT2D eigenvalue weighted by Crippen LogP contribution is 2.00. The summed E-state index contributed by atoms with van der Waals surface area (Å²) in [7, 11) is 1.67. The lowest BCUT2D eigenvalue weighted by Crippen LogP contribution is -2.43. The van der Waals surface area contributed by atoms with Gasteiger partial charge in [0.2, 0.25) is 0 Å². The minimum absolute atomic E-state index is 0.0222. The van der Waals surface area contributed by atoms with Crippen LogP contribution in [0.3, 0.4) is 0 Å². The smallest absolute Gasteiger partial charge is 0.0639 e. The molecule has 3 heteroatoms. The summed E-state index contributed by atoms with van der Waals surface area (Å²) in [6.07, 6.45) is 0.549. The molecule has 64 valence electrons. The first-order valence-corrected chi connectivity index (χ1v) is 3.73. The van der Waals surface area contributed by atoms with E-state index in [-0.39, 0.29) is 5.54 Å². The summed E-state index contributed by atoms with van der Waals surface area (Å²) in [5, 5.41) is 11.5. The fourth-order valence-corrected chi connectivity index (χ4v) is 0.869. The topological polar surface area (TPSA) is 45.0 Å². The second-order valence-electron chi connectivity index (χ2n) is 3.15. The molecule has 0 radical (unpaired) electrons. The van der Waals surface area contributed by atoms with E-state index in [0.717, 1.165) is 6.54 Å². The van der Waals surface area contributed by atoms with Crippen molar-refractivity contribution in [3.8, 4) is 6.07 Å². The maximum atomic E-state index is 8.27. The van der Waals surface area contributed by atoms with Gasteiger partial charge in [-0.2, -0.15) is 5.26 Å². The van der Waals surface area contributed by atoms with Gasteiger partial charge in [0, 0.05) is 25.6 Å². The number of hydrogen-bond donors (Lipinski definition) is 1. The Labute approximate surface area is 68.3 Å². The second-order valence-corrected chi connectivity index (χ2v) is 3.15. The number of hydrogen-bond acceptors (Lipinski definition) is 3. The van der Waals surface area contributed by atoms with Crippen LogP contribution in [0.4, 0.5) is 0 Å². The van der Waals surface area contributed by atoms with Crippen LogP contribution in [0.2, 0.25) is 0 Å². The Balaban J connectivity index is 3.48. The number of rotatable bonds is 5. The number of nitrogens with one attached hydrogen (secondary N) is 1. The zero-order chi connectivity index (χ0) is 8.74. The highest BCUT2D eigenvalue weighted by Gasteiger charge is 2.15. The van der Waals surface area contributed by atoms with Crippen LogP contribution in [0.5, 0.6) is 0 Å². The van der Waals surface area contributed by atoms with Crippen LogP contribution in [-0.4, -0.2) is 25.8 Å². The van der Waals surface area contributed by atoms with Gasteiger partial charge in [0.05, 0.1) is 12.7 Å². The molecule has 0 spiro atoms. The Morgan fingerprint density at radius 3 is 2.64 bits per heavy atom. The summed E-state index contributed by atoms with van der Waals surface area (Å²) in [6.45, 7) is 5.49. The van der Waals surface area contributed by atoms with Crippen LogP contribution in [0.15, 0.2) is 0 Å². The molecule has 0 aliphatic rings. The monoisotopic (exact) mass is 156 g/mol. The van der Waals surface area contributed by atoms with Crippen LogP contribution >= 0.6 is 0 Å². The van der Waals surface area contributed by atoms with Crippen molar-refractivity contribution in [2.24, 2.45) is 0 Å². The van der Waals surface area contributed by atoms with Crippen LogP contribution < -0.4 is 5.32 Å². The lowest BCUT2D eigenvalue weighted by Gasteiger charge is -2.24. The van der Waals surface area contributed by atoms with Gasteiger partial charge in [-0.3, -0.25) is 0 Å². The lowest BCUT2D eigenvalue weighted by atomic mass is 10.1. The van der Waals surface area contributed by atoms with Crippen molar-refractivity contribution in [2.45, 2.75) is 25.8 Å². The Bertz CT molecular complexity index is 138. The zero-order valence-electron chi connectivity index (χ0n) is 7.48. The van der Waals surface area contributed by atoms with Crippen molar-refractivity contribution < 1.29 is 4.74 Å². The molecule has 0 aromatic heterocycles. The fourth-order valence-electron chi connectivity index (χ4n) is 0.869. The molecule has 0 bridgehead atoms. The van der Waals surface area contributed by atoms with E-state index in [4.69, 9.17) is 10.00 Å². The molecule has 0 aromatic carbocycles. The van der Waals surface area contributed by atoms with Gasteiger partial charge in [0.1, 0.15) is 0 Å².